The summed E-state index contributed by atoms with van der Waals surface area (Å²) in [4.78, 5) is 27.1. The zero-order valence-electron chi connectivity index (χ0n) is 14.7. The monoisotopic (exact) mass is 349 g/mol. The van der Waals surface area contributed by atoms with Crippen LogP contribution >= 0.6 is 11.3 Å². The minimum Gasteiger partial charge on any atom is -0.463 e. The van der Waals surface area contributed by atoms with E-state index in [1.807, 2.05) is 42.6 Å². The molecule has 1 aliphatic heterocycles. The van der Waals surface area contributed by atoms with Gasteiger partial charge in [-0.25, -0.2) is 9.59 Å². The Morgan fingerprint density at radius 1 is 1.08 bits per heavy atom. The Kier molecular flexibility index (Phi) is 5.83. The number of thiophene rings is 1. The van der Waals surface area contributed by atoms with Gasteiger partial charge in [0.2, 0.25) is 0 Å². The predicted octanol–water partition coefficient (Wildman–Crippen LogP) is 3.45. The van der Waals surface area contributed by atoms with Crippen molar-refractivity contribution in [3.05, 3.63) is 44.9 Å². The lowest BCUT2D eigenvalue weighted by molar-refractivity contribution is -0.139. The highest BCUT2D eigenvalue weighted by Crippen LogP contribution is 2.42. The number of hydrogen-bond donors (Lipinski definition) is 0. The molecule has 0 radical (unpaired) electrons. The van der Waals surface area contributed by atoms with Crippen LogP contribution in [0.2, 0.25) is 0 Å². The molecule has 2 heterocycles. The topological polar surface area (TPSA) is 55.8 Å². The third-order valence-electron chi connectivity index (χ3n) is 4.23. The molecular weight excluding hydrogens is 326 g/mol. The molecule has 5 nitrogen and oxygen atoms in total. The first-order valence-corrected chi connectivity index (χ1v) is 8.89. The lowest BCUT2D eigenvalue weighted by atomic mass is 9.81. The summed E-state index contributed by atoms with van der Waals surface area (Å²) >= 11 is 1.53. The van der Waals surface area contributed by atoms with E-state index in [1.165, 1.54) is 11.3 Å². The average molecular weight is 349 g/mol. The molecule has 0 atom stereocenters. The van der Waals surface area contributed by atoms with Crippen LogP contribution in [0.1, 0.15) is 39.2 Å². The minimum atomic E-state index is -0.467. The largest absolute Gasteiger partial charge is 0.463 e. The Balaban J connectivity index is 2.64. The number of carbonyl (C=O) groups is 2. The molecule has 0 fully saturated rings. The van der Waals surface area contributed by atoms with Gasteiger partial charge >= 0.3 is 11.9 Å². The molecule has 1 aromatic heterocycles. The van der Waals surface area contributed by atoms with Crippen LogP contribution in [0.5, 0.6) is 0 Å². The highest BCUT2D eigenvalue weighted by atomic mass is 32.1. The van der Waals surface area contributed by atoms with Gasteiger partial charge in [0.1, 0.15) is 0 Å². The fourth-order valence-electron chi connectivity index (χ4n) is 2.90. The third-order valence-corrected chi connectivity index (χ3v) is 4.93. The second-order valence-corrected chi connectivity index (χ2v) is 6.27. The number of allylic oxidation sites excluding steroid dienone is 2. The summed E-state index contributed by atoms with van der Waals surface area (Å²) in [7, 11) is 1.84. The Morgan fingerprint density at radius 2 is 1.58 bits per heavy atom. The van der Waals surface area contributed by atoms with Crippen molar-refractivity contribution in [2.24, 2.45) is 0 Å². The number of nitrogens with zero attached hydrogens (tertiary/aromatic N) is 1. The highest BCUT2D eigenvalue weighted by Gasteiger charge is 2.39. The molecule has 0 N–H and O–H groups in total. The molecule has 0 spiro atoms. The number of esters is 2. The molecule has 130 valence electrons. The molecule has 0 aromatic carbocycles. The van der Waals surface area contributed by atoms with Crippen molar-refractivity contribution in [3.63, 3.8) is 0 Å². The fourth-order valence-corrected chi connectivity index (χ4v) is 3.58. The Morgan fingerprint density at radius 3 is 1.96 bits per heavy atom. The van der Waals surface area contributed by atoms with Crippen LogP contribution in [-0.2, 0) is 19.1 Å². The van der Waals surface area contributed by atoms with Gasteiger partial charge in [-0.05, 0) is 50.1 Å². The van der Waals surface area contributed by atoms with E-state index in [-0.39, 0.29) is 13.2 Å². The average Bonchev–Trinajstić information content (AvgIpc) is 3.06. The first-order chi connectivity index (χ1) is 11.4. The first-order valence-electron chi connectivity index (χ1n) is 7.95. The van der Waals surface area contributed by atoms with Gasteiger partial charge in [0.05, 0.1) is 30.3 Å². The number of ether oxygens (including phenoxy) is 2. The highest BCUT2D eigenvalue weighted by molar-refractivity contribution is 7.08. The second kappa shape index (κ2) is 7.66. The Hall–Kier alpha value is -2.08. The standard InChI is InChI=1S/C18H23NO4S/c1-6-22-17(20)14-11(3)19(5)12(4)15(18(21)23-7-2)16(14)13-8-9-24-10-13/h8-10,16H,6-7H2,1-5H3. The quantitative estimate of drug-likeness (QED) is 0.762. The zero-order chi connectivity index (χ0) is 17.9. The van der Waals surface area contributed by atoms with Crippen LogP contribution in [0.15, 0.2) is 39.4 Å². The number of hydrogen-bond acceptors (Lipinski definition) is 6. The van der Waals surface area contributed by atoms with Gasteiger partial charge in [0, 0.05) is 18.4 Å². The van der Waals surface area contributed by atoms with Crippen molar-refractivity contribution < 1.29 is 19.1 Å². The number of carbonyl (C=O) groups excluding carboxylic acids is 2. The van der Waals surface area contributed by atoms with E-state index in [2.05, 4.69) is 0 Å². The van der Waals surface area contributed by atoms with E-state index < -0.39 is 17.9 Å². The van der Waals surface area contributed by atoms with Crippen LogP contribution < -0.4 is 0 Å². The van der Waals surface area contributed by atoms with Gasteiger partial charge in [-0.3, -0.25) is 0 Å². The van der Waals surface area contributed by atoms with Crippen molar-refractivity contribution in [2.45, 2.75) is 33.6 Å². The maximum Gasteiger partial charge on any atom is 0.336 e. The molecule has 24 heavy (non-hydrogen) atoms. The van der Waals surface area contributed by atoms with Crippen LogP contribution in [0, 0.1) is 0 Å². The molecule has 0 bridgehead atoms. The van der Waals surface area contributed by atoms with E-state index in [9.17, 15) is 9.59 Å². The third kappa shape index (κ3) is 3.24. The molecule has 2 rings (SSSR count). The van der Waals surface area contributed by atoms with Crippen LogP contribution in [0.4, 0.5) is 0 Å². The van der Waals surface area contributed by atoms with Crippen LogP contribution in [-0.4, -0.2) is 37.1 Å². The van der Waals surface area contributed by atoms with Crippen molar-refractivity contribution in [1.82, 2.24) is 4.90 Å². The lowest BCUT2D eigenvalue weighted by Crippen LogP contribution is -2.33. The molecule has 0 aliphatic carbocycles. The molecule has 0 saturated carbocycles. The molecule has 0 unspecified atom stereocenters. The molecular formula is C18H23NO4S. The molecule has 0 saturated heterocycles. The Labute approximate surface area is 146 Å². The molecule has 1 aromatic rings. The van der Waals surface area contributed by atoms with E-state index >= 15 is 0 Å². The fraction of sp³-hybridized carbons (Fsp3) is 0.444. The van der Waals surface area contributed by atoms with Gasteiger partial charge in [-0.15, -0.1) is 0 Å². The smallest absolute Gasteiger partial charge is 0.336 e. The first kappa shape index (κ1) is 18.3. The summed E-state index contributed by atoms with van der Waals surface area (Å²) in [5.41, 5.74) is 3.46. The maximum absolute atomic E-state index is 12.6. The molecule has 1 aliphatic rings. The summed E-state index contributed by atoms with van der Waals surface area (Å²) in [5.74, 6) is -1.26. The maximum atomic E-state index is 12.6. The summed E-state index contributed by atoms with van der Waals surface area (Å²) in [6.45, 7) is 7.86. The summed E-state index contributed by atoms with van der Waals surface area (Å²) in [6, 6.07) is 1.93. The van der Waals surface area contributed by atoms with E-state index in [0.717, 1.165) is 17.0 Å². The van der Waals surface area contributed by atoms with Crippen molar-refractivity contribution in [1.29, 1.82) is 0 Å². The SMILES string of the molecule is CCOC(=O)C1=C(C)N(C)C(C)=C(C(=O)OCC)C1c1ccsc1. The van der Waals surface area contributed by atoms with Gasteiger partial charge in [-0.2, -0.15) is 11.3 Å². The summed E-state index contributed by atoms with van der Waals surface area (Å²) in [6.07, 6.45) is 0. The van der Waals surface area contributed by atoms with Gasteiger partial charge in [0.25, 0.3) is 0 Å². The zero-order valence-corrected chi connectivity index (χ0v) is 15.5. The van der Waals surface area contributed by atoms with E-state index in [0.29, 0.717) is 11.1 Å². The van der Waals surface area contributed by atoms with Crippen molar-refractivity contribution >= 4 is 23.3 Å². The van der Waals surface area contributed by atoms with E-state index in [1.54, 1.807) is 13.8 Å². The minimum absolute atomic E-state index is 0.285. The normalized spacial score (nSPS) is 15.8. The van der Waals surface area contributed by atoms with Crippen molar-refractivity contribution in [2.75, 3.05) is 20.3 Å². The second-order valence-electron chi connectivity index (χ2n) is 5.49. The van der Waals surface area contributed by atoms with Crippen LogP contribution in [0.25, 0.3) is 0 Å². The van der Waals surface area contributed by atoms with E-state index in [4.69, 9.17) is 9.47 Å². The van der Waals surface area contributed by atoms with Gasteiger partial charge < -0.3 is 14.4 Å². The van der Waals surface area contributed by atoms with Crippen LogP contribution in [0.3, 0.4) is 0 Å². The predicted molar refractivity (Wildman–Crippen MR) is 93.5 cm³/mol. The Bertz CT molecular complexity index is 646. The van der Waals surface area contributed by atoms with Gasteiger partial charge in [-0.1, -0.05) is 0 Å². The van der Waals surface area contributed by atoms with Gasteiger partial charge in [0.15, 0.2) is 0 Å². The molecule has 0 amide bonds. The summed E-state index contributed by atoms with van der Waals surface area (Å²) < 4.78 is 10.5. The summed E-state index contributed by atoms with van der Waals surface area (Å²) in [5, 5.41) is 3.89. The van der Waals surface area contributed by atoms with Crippen molar-refractivity contribution in [3.8, 4) is 0 Å². The molecule has 6 heteroatoms. The lowest BCUT2D eigenvalue weighted by Gasteiger charge is -2.35. The number of rotatable bonds is 5.